The van der Waals surface area contributed by atoms with Gasteiger partial charge in [-0.25, -0.2) is 4.68 Å². The average Bonchev–Trinajstić information content (AvgIpc) is 3.05. The molecular weight excluding hydrogens is 262 g/mol. The summed E-state index contributed by atoms with van der Waals surface area (Å²) in [6.45, 7) is 0. The van der Waals surface area contributed by atoms with Gasteiger partial charge in [-0.2, -0.15) is 10.4 Å². The quantitative estimate of drug-likeness (QED) is 0.736. The smallest absolute Gasteiger partial charge is 0.119 e. The third-order valence-electron chi connectivity index (χ3n) is 3.24. The maximum Gasteiger partial charge on any atom is 0.119 e. The molecule has 0 unspecified atom stereocenters. The van der Waals surface area contributed by atoms with Crippen molar-refractivity contribution in [1.82, 2.24) is 9.78 Å². The van der Waals surface area contributed by atoms with Crippen LogP contribution >= 0.6 is 0 Å². The van der Waals surface area contributed by atoms with Crippen LogP contribution in [0.4, 0.5) is 0 Å². The first-order chi connectivity index (χ1) is 10.3. The van der Waals surface area contributed by atoms with Crippen molar-refractivity contribution in [3.63, 3.8) is 0 Å². The molecule has 1 aromatic heterocycles. The van der Waals surface area contributed by atoms with E-state index in [2.05, 4.69) is 11.2 Å². The molecule has 0 radical (unpaired) electrons. The van der Waals surface area contributed by atoms with Gasteiger partial charge in [0.25, 0.3) is 0 Å². The third-order valence-corrected chi connectivity index (χ3v) is 3.24. The highest BCUT2D eigenvalue weighted by Crippen LogP contribution is 2.20. The second-order valence-electron chi connectivity index (χ2n) is 4.53. The monoisotopic (exact) mass is 275 g/mol. The van der Waals surface area contributed by atoms with Crippen molar-refractivity contribution in [3.05, 3.63) is 66.4 Å². The van der Waals surface area contributed by atoms with Gasteiger partial charge in [-0.15, -0.1) is 0 Å². The lowest BCUT2D eigenvalue weighted by atomic mass is 10.1. The first kappa shape index (κ1) is 12.9. The summed E-state index contributed by atoms with van der Waals surface area (Å²) >= 11 is 0. The van der Waals surface area contributed by atoms with Crippen LogP contribution in [0.1, 0.15) is 5.56 Å². The van der Waals surface area contributed by atoms with Crippen LogP contribution < -0.4 is 4.74 Å². The summed E-state index contributed by atoms with van der Waals surface area (Å²) in [6.07, 6.45) is 1.91. The summed E-state index contributed by atoms with van der Waals surface area (Å²) in [5, 5.41) is 13.4. The van der Waals surface area contributed by atoms with Crippen LogP contribution in [0, 0.1) is 11.3 Å². The fourth-order valence-electron chi connectivity index (χ4n) is 2.07. The normalized spacial score (nSPS) is 10.1. The van der Waals surface area contributed by atoms with Gasteiger partial charge in [-0.05, 0) is 42.5 Å². The van der Waals surface area contributed by atoms with Gasteiger partial charge in [-0.3, -0.25) is 0 Å². The Kier molecular flexibility index (Phi) is 3.40. The minimum absolute atomic E-state index is 0.647. The number of nitrogens with zero attached hydrogens (tertiary/aromatic N) is 3. The number of rotatable bonds is 3. The van der Waals surface area contributed by atoms with Crippen molar-refractivity contribution in [2.45, 2.75) is 0 Å². The number of methoxy groups -OCH3 is 1. The summed E-state index contributed by atoms with van der Waals surface area (Å²) in [4.78, 5) is 0. The van der Waals surface area contributed by atoms with Crippen molar-refractivity contribution in [3.8, 4) is 28.8 Å². The van der Waals surface area contributed by atoms with Crippen molar-refractivity contribution >= 4 is 0 Å². The summed E-state index contributed by atoms with van der Waals surface area (Å²) in [5.41, 5.74) is 3.47. The lowest BCUT2D eigenvalue weighted by molar-refractivity contribution is 0.414. The molecule has 0 saturated carbocycles. The molecule has 3 rings (SSSR count). The lowest BCUT2D eigenvalue weighted by Crippen LogP contribution is -1.95. The minimum Gasteiger partial charge on any atom is -0.497 e. The van der Waals surface area contributed by atoms with Crippen LogP contribution in [-0.2, 0) is 0 Å². The van der Waals surface area contributed by atoms with E-state index >= 15 is 0 Å². The van der Waals surface area contributed by atoms with Crippen LogP contribution in [0.2, 0.25) is 0 Å². The van der Waals surface area contributed by atoms with E-state index in [0.717, 1.165) is 22.7 Å². The van der Waals surface area contributed by atoms with Gasteiger partial charge in [-0.1, -0.05) is 12.1 Å². The molecule has 0 aliphatic carbocycles. The van der Waals surface area contributed by atoms with E-state index < -0.39 is 0 Å². The number of benzene rings is 2. The van der Waals surface area contributed by atoms with E-state index in [4.69, 9.17) is 10.00 Å². The molecule has 4 nitrogen and oxygen atoms in total. The Labute approximate surface area is 122 Å². The average molecular weight is 275 g/mol. The predicted molar refractivity (Wildman–Crippen MR) is 80.3 cm³/mol. The first-order valence-corrected chi connectivity index (χ1v) is 6.51. The number of hydrogen-bond acceptors (Lipinski definition) is 3. The van der Waals surface area contributed by atoms with Gasteiger partial charge in [0, 0.05) is 11.8 Å². The van der Waals surface area contributed by atoms with E-state index in [-0.39, 0.29) is 0 Å². The molecular formula is C17H13N3O. The molecule has 0 aliphatic rings. The lowest BCUT2D eigenvalue weighted by Gasteiger charge is -2.03. The standard InChI is InChI=1S/C17H13N3O/c1-21-16-8-6-15(7-9-16)20-11-10-17(19-20)14-4-2-13(12-18)3-5-14/h2-11H,1H3. The summed E-state index contributed by atoms with van der Waals surface area (Å²) < 4.78 is 6.96. The molecule has 21 heavy (non-hydrogen) atoms. The molecule has 102 valence electrons. The SMILES string of the molecule is COc1ccc(-n2ccc(-c3ccc(C#N)cc3)n2)cc1. The van der Waals surface area contributed by atoms with Gasteiger partial charge in [0.2, 0.25) is 0 Å². The van der Waals surface area contributed by atoms with Crippen LogP contribution in [0.25, 0.3) is 16.9 Å². The first-order valence-electron chi connectivity index (χ1n) is 6.51. The van der Waals surface area contributed by atoms with Gasteiger partial charge in [0.05, 0.1) is 30.1 Å². The molecule has 0 bridgehead atoms. The van der Waals surface area contributed by atoms with Gasteiger partial charge >= 0.3 is 0 Å². The Morgan fingerprint density at radius 1 is 1.00 bits per heavy atom. The van der Waals surface area contributed by atoms with Crippen molar-refractivity contribution < 1.29 is 4.74 Å². The van der Waals surface area contributed by atoms with E-state index in [1.54, 1.807) is 19.2 Å². The maximum atomic E-state index is 8.81. The zero-order valence-electron chi connectivity index (χ0n) is 11.5. The van der Waals surface area contributed by atoms with Crippen molar-refractivity contribution in [2.24, 2.45) is 0 Å². The number of nitriles is 1. The minimum atomic E-state index is 0.647. The molecule has 0 saturated heterocycles. The number of aromatic nitrogens is 2. The van der Waals surface area contributed by atoms with Crippen molar-refractivity contribution in [2.75, 3.05) is 7.11 Å². The Balaban J connectivity index is 1.89. The van der Waals surface area contributed by atoms with Gasteiger partial charge < -0.3 is 4.74 Å². The molecule has 0 fully saturated rings. The summed E-state index contributed by atoms with van der Waals surface area (Å²) in [6, 6.07) is 19.2. The Bertz CT molecular complexity index is 780. The molecule has 3 aromatic rings. The summed E-state index contributed by atoms with van der Waals surface area (Å²) in [7, 11) is 1.64. The van der Waals surface area contributed by atoms with Gasteiger partial charge in [0.1, 0.15) is 5.75 Å². The van der Waals surface area contributed by atoms with Crippen LogP contribution in [0.15, 0.2) is 60.8 Å². The molecule has 1 heterocycles. The fourth-order valence-corrected chi connectivity index (χ4v) is 2.07. The zero-order valence-corrected chi connectivity index (χ0v) is 11.5. The molecule has 0 aliphatic heterocycles. The van der Waals surface area contributed by atoms with E-state index in [0.29, 0.717) is 5.56 Å². The zero-order chi connectivity index (χ0) is 14.7. The number of hydrogen-bond donors (Lipinski definition) is 0. The maximum absolute atomic E-state index is 8.81. The van der Waals surface area contributed by atoms with Crippen LogP contribution in [0.5, 0.6) is 5.75 Å². The molecule has 0 amide bonds. The van der Waals surface area contributed by atoms with E-state index in [1.807, 2.05) is 53.3 Å². The molecule has 0 N–H and O–H groups in total. The molecule has 4 heteroatoms. The second kappa shape index (κ2) is 5.51. The van der Waals surface area contributed by atoms with Crippen molar-refractivity contribution in [1.29, 1.82) is 5.26 Å². The van der Waals surface area contributed by atoms with Gasteiger partial charge in [0.15, 0.2) is 0 Å². The largest absolute Gasteiger partial charge is 0.497 e. The number of ether oxygens (including phenoxy) is 1. The molecule has 0 atom stereocenters. The van der Waals surface area contributed by atoms with E-state index in [1.165, 1.54) is 0 Å². The molecule has 0 spiro atoms. The second-order valence-corrected chi connectivity index (χ2v) is 4.53. The predicted octanol–water partition coefficient (Wildman–Crippen LogP) is 3.42. The summed E-state index contributed by atoms with van der Waals surface area (Å²) in [5.74, 6) is 0.818. The highest BCUT2D eigenvalue weighted by Gasteiger charge is 2.04. The van der Waals surface area contributed by atoms with Crippen LogP contribution in [0.3, 0.4) is 0 Å². The molecule has 2 aromatic carbocycles. The third kappa shape index (κ3) is 2.63. The highest BCUT2D eigenvalue weighted by atomic mass is 16.5. The fraction of sp³-hybridized carbons (Fsp3) is 0.0588. The van der Waals surface area contributed by atoms with E-state index in [9.17, 15) is 0 Å². The highest BCUT2D eigenvalue weighted by molar-refractivity contribution is 5.60. The Hall–Kier alpha value is -3.06. The Morgan fingerprint density at radius 2 is 1.71 bits per heavy atom. The Morgan fingerprint density at radius 3 is 2.33 bits per heavy atom. The topological polar surface area (TPSA) is 50.8 Å². The van der Waals surface area contributed by atoms with Crippen LogP contribution in [-0.4, -0.2) is 16.9 Å².